The van der Waals surface area contributed by atoms with Gasteiger partial charge in [0.15, 0.2) is 5.78 Å². The molecule has 0 fully saturated rings. The molecular formula is C15H25F3O2. The summed E-state index contributed by atoms with van der Waals surface area (Å²) in [5, 5.41) is 10.2. The molecule has 1 atom stereocenters. The number of ketones is 1. The minimum atomic E-state index is -4.41. The molecule has 0 aromatic heterocycles. The molecule has 0 saturated carbocycles. The van der Waals surface area contributed by atoms with Crippen LogP contribution in [0.2, 0.25) is 0 Å². The van der Waals surface area contributed by atoms with Crippen molar-refractivity contribution in [2.24, 2.45) is 10.8 Å². The van der Waals surface area contributed by atoms with Gasteiger partial charge in [0.2, 0.25) is 0 Å². The largest absolute Gasteiger partial charge is 0.511 e. The number of alkyl halides is 3. The topological polar surface area (TPSA) is 37.3 Å². The van der Waals surface area contributed by atoms with Crippen LogP contribution < -0.4 is 0 Å². The molecule has 0 saturated heterocycles. The van der Waals surface area contributed by atoms with Crippen LogP contribution in [0.1, 0.15) is 60.8 Å². The number of carbonyl (C=O) groups is 1. The summed E-state index contributed by atoms with van der Waals surface area (Å²) in [5.74, 6) is -0.747. The molecule has 0 aromatic rings. The number of allylic oxidation sites excluding steroid dienone is 2. The quantitative estimate of drug-likeness (QED) is 0.540. The van der Waals surface area contributed by atoms with Crippen LogP contribution in [0, 0.1) is 10.8 Å². The number of aliphatic hydroxyl groups is 1. The van der Waals surface area contributed by atoms with Gasteiger partial charge in [0.1, 0.15) is 5.76 Å². The maximum absolute atomic E-state index is 12.6. The first-order valence-electron chi connectivity index (χ1n) is 6.82. The zero-order valence-corrected chi connectivity index (χ0v) is 13.1. The zero-order valence-electron chi connectivity index (χ0n) is 13.1. The van der Waals surface area contributed by atoms with Crippen molar-refractivity contribution in [1.29, 1.82) is 0 Å². The van der Waals surface area contributed by atoms with Crippen LogP contribution in [0.3, 0.4) is 0 Å². The second-order valence-corrected chi connectivity index (χ2v) is 6.25. The number of halogens is 3. The van der Waals surface area contributed by atoms with Crippen LogP contribution in [0.15, 0.2) is 11.3 Å². The Bertz CT molecular complexity index is 394. The lowest BCUT2D eigenvalue weighted by atomic mass is 9.74. The smallest absolute Gasteiger partial charge is 0.390 e. The number of hydrogen-bond acceptors (Lipinski definition) is 2. The molecule has 0 aliphatic rings. The van der Waals surface area contributed by atoms with Gasteiger partial charge in [0.25, 0.3) is 0 Å². The van der Waals surface area contributed by atoms with Gasteiger partial charge in [-0.05, 0) is 19.8 Å². The van der Waals surface area contributed by atoms with Crippen molar-refractivity contribution >= 4 is 5.78 Å². The number of hydrogen-bond donors (Lipinski definition) is 1. The molecule has 0 heterocycles. The Balaban J connectivity index is 5.56. The normalized spacial score (nSPS) is 17.4. The standard InChI is InChI=1S/C15H25F3O2/c1-7-13(4,5)11(19)10(3)12(20)14(6,8-2)9-15(16,17)18/h19H,7-9H2,1-6H3. The second kappa shape index (κ2) is 6.19. The minimum Gasteiger partial charge on any atom is -0.511 e. The number of Topliss-reactive ketones (excluding diaryl/α,β-unsaturated/α-hetero) is 1. The molecule has 1 unspecified atom stereocenters. The van der Waals surface area contributed by atoms with Crippen LogP contribution in [-0.2, 0) is 4.79 Å². The van der Waals surface area contributed by atoms with Gasteiger partial charge in [-0.3, -0.25) is 4.79 Å². The summed E-state index contributed by atoms with van der Waals surface area (Å²) in [5.41, 5.74) is -2.11. The van der Waals surface area contributed by atoms with E-state index < -0.39 is 29.2 Å². The van der Waals surface area contributed by atoms with E-state index in [1.165, 1.54) is 13.8 Å². The molecule has 20 heavy (non-hydrogen) atoms. The van der Waals surface area contributed by atoms with Gasteiger partial charge in [-0.2, -0.15) is 13.2 Å². The van der Waals surface area contributed by atoms with Crippen molar-refractivity contribution in [2.75, 3.05) is 0 Å². The molecule has 0 radical (unpaired) electrons. The first-order chi connectivity index (χ1) is 8.80. The maximum atomic E-state index is 12.6. The average Bonchev–Trinajstić information content (AvgIpc) is 2.33. The van der Waals surface area contributed by atoms with E-state index in [1.54, 1.807) is 20.8 Å². The van der Waals surface area contributed by atoms with Crippen LogP contribution in [0.25, 0.3) is 0 Å². The number of aliphatic hydroxyl groups excluding tert-OH is 1. The van der Waals surface area contributed by atoms with E-state index in [4.69, 9.17) is 0 Å². The third-order valence-electron chi connectivity index (χ3n) is 4.14. The molecule has 0 amide bonds. The van der Waals surface area contributed by atoms with Crippen molar-refractivity contribution in [3.63, 3.8) is 0 Å². The van der Waals surface area contributed by atoms with Crippen molar-refractivity contribution in [1.82, 2.24) is 0 Å². The lowest BCUT2D eigenvalue weighted by Crippen LogP contribution is -2.34. The van der Waals surface area contributed by atoms with Crippen molar-refractivity contribution in [3.8, 4) is 0 Å². The Morgan fingerprint density at radius 1 is 1.05 bits per heavy atom. The Hall–Kier alpha value is -1.00. The van der Waals surface area contributed by atoms with E-state index in [0.717, 1.165) is 0 Å². The fraction of sp³-hybridized carbons (Fsp3) is 0.800. The molecule has 0 aliphatic heterocycles. The molecule has 0 aliphatic carbocycles. The highest BCUT2D eigenvalue weighted by Crippen LogP contribution is 2.40. The molecule has 0 spiro atoms. The van der Waals surface area contributed by atoms with Gasteiger partial charge in [-0.1, -0.05) is 34.6 Å². The fourth-order valence-corrected chi connectivity index (χ4v) is 2.04. The molecule has 5 heteroatoms. The van der Waals surface area contributed by atoms with Crippen molar-refractivity contribution in [3.05, 3.63) is 11.3 Å². The van der Waals surface area contributed by atoms with E-state index >= 15 is 0 Å². The maximum Gasteiger partial charge on any atom is 0.390 e. The summed E-state index contributed by atoms with van der Waals surface area (Å²) in [7, 11) is 0. The van der Waals surface area contributed by atoms with E-state index in [2.05, 4.69) is 0 Å². The number of carbonyl (C=O) groups excluding carboxylic acids is 1. The summed E-state index contributed by atoms with van der Waals surface area (Å²) >= 11 is 0. The van der Waals surface area contributed by atoms with Gasteiger partial charge in [0, 0.05) is 16.4 Å². The minimum absolute atomic E-state index is 0.0328. The van der Waals surface area contributed by atoms with Gasteiger partial charge in [-0.15, -0.1) is 0 Å². The van der Waals surface area contributed by atoms with E-state index in [-0.39, 0.29) is 17.8 Å². The number of rotatable bonds is 6. The van der Waals surface area contributed by atoms with Crippen LogP contribution in [-0.4, -0.2) is 17.1 Å². The molecule has 2 nitrogen and oxygen atoms in total. The molecule has 118 valence electrons. The monoisotopic (exact) mass is 294 g/mol. The molecule has 0 rings (SSSR count). The lowest BCUT2D eigenvalue weighted by Gasteiger charge is -2.30. The Morgan fingerprint density at radius 2 is 1.50 bits per heavy atom. The zero-order chi connectivity index (χ0) is 16.4. The SMILES string of the molecule is CCC(C)(C)C(O)=C(C)C(=O)C(C)(CC)CC(F)(F)F. The second-order valence-electron chi connectivity index (χ2n) is 6.25. The third kappa shape index (κ3) is 4.53. The Labute approximate surface area is 119 Å². The highest BCUT2D eigenvalue weighted by atomic mass is 19.4. The van der Waals surface area contributed by atoms with Crippen molar-refractivity contribution < 1.29 is 23.1 Å². The van der Waals surface area contributed by atoms with Gasteiger partial charge in [-0.25, -0.2) is 0 Å². The van der Waals surface area contributed by atoms with Gasteiger partial charge in [0.05, 0.1) is 6.42 Å². The summed E-state index contributed by atoms with van der Waals surface area (Å²) in [4.78, 5) is 12.4. The Kier molecular flexibility index (Phi) is 5.88. The predicted octanol–water partition coefficient (Wildman–Crippen LogP) is 5.19. The van der Waals surface area contributed by atoms with Crippen LogP contribution in [0.5, 0.6) is 0 Å². The highest BCUT2D eigenvalue weighted by Gasteiger charge is 2.44. The fourth-order valence-electron chi connectivity index (χ4n) is 2.04. The summed E-state index contributed by atoms with van der Waals surface area (Å²) in [6.45, 7) is 9.62. The first kappa shape index (κ1) is 19.0. The Morgan fingerprint density at radius 3 is 1.80 bits per heavy atom. The molecule has 1 N–H and O–H groups in total. The van der Waals surface area contributed by atoms with Crippen molar-refractivity contribution in [2.45, 2.75) is 67.0 Å². The highest BCUT2D eigenvalue weighted by molar-refractivity contribution is 5.99. The summed E-state index contributed by atoms with van der Waals surface area (Å²) in [6, 6.07) is 0. The molecular weight excluding hydrogens is 269 g/mol. The lowest BCUT2D eigenvalue weighted by molar-refractivity contribution is -0.164. The van der Waals surface area contributed by atoms with Gasteiger partial charge < -0.3 is 5.11 Å². The predicted molar refractivity (Wildman–Crippen MR) is 73.5 cm³/mol. The van der Waals surface area contributed by atoms with Crippen LogP contribution in [0.4, 0.5) is 13.2 Å². The van der Waals surface area contributed by atoms with Gasteiger partial charge >= 0.3 is 6.18 Å². The molecule has 0 bridgehead atoms. The molecule has 0 aromatic carbocycles. The van der Waals surface area contributed by atoms with E-state index in [9.17, 15) is 23.1 Å². The average molecular weight is 294 g/mol. The summed E-state index contributed by atoms with van der Waals surface area (Å²) < 4.78 is 37.9. The summed E-state index contributed by atoms with van der Waals surface area (Å²) in [6.07, 6.45) is -4.92. The van der Waals surface area contributed by atoms with E-state index in [1.807, 2.05) is 6.92 Å². The van der Waals surface area contributed by atoms with Crippen LogP contribution >= 0.6 is 0 Å². The van der Waals surface area contributed by atoms with E-state index in [0.29, 0.717) is 6.42 Å². The first-order valence-corrected chi connectivity index (χ1v) is 6.82. The third-order valence-corrected chi connectivity index (χ3v) is 4.14.